The van der Waals surface area contributed by atoms with Crippen molar-refractivity contribution in [1.29, 1.82) is 0 Å². The second-order valence-electron chi connectivity index (χ2n) is 6.71. The molecule has 4 nitrogen and oxygen atoms in total. The van der Waals surface area contributed by atoms with Crippen LogP contribution in [0.5, 0.6) is 0 Å². The van der Waals surface area contributed by atoms with E-state index in [1.807, 2.05) is 43.5 Å². The molecule has 0 unspecified atom stereocenters. The maximum absolute atomic E-state index is 12.9. The number of hydrogen-bond donors (Lipinski definition) is 0. The second-order valence-corrected chi connectivity index (χ2v) is 6.71. The van der Waals surface area contributed by atoms with E-state index in [-0.39, 0.29) is 5.56 Å². The van der Waals surface area contributed by atoms with E-state index in [0.717, 1.165) is 46.0 Å². The zero-order valence-electron chi connectivity index (χ0n) is 15.1. The minimum Gasteiger partial charge on any atom is -0.299 e. The topological polar surface area (TPSA) is 47.8 Å². The Bertz CT molecular complexity index is 1140. The number of fused-ring (bicyclic) bond motifs is 3. The van der Waals surface area contributed by atoms with Gasteiger partial charge in [0.1, 0.15) is 0 Å². The van der Waals surface area contributed by atoms with Crippen LogP contribution in [0.1, 0.15) is 30.2 Å². The highest BCUT2D eigenvalue weighted by molar-refractivity contribution is 6.06. The van der Waals surface area contributed by atoms with Crippen molar-refractivity contribution >= 4 is 21.7 Å². The molecule has 0 radical (unpaired) electrons. The van der Waals surface area contributed by atoms with Gasteiger partial charge in [0, 0.05) is 23.8 Å². The number of nitrogens with zero attached hydrogens (tertiary/aromatic N) is 3. The van der Waals surface area contributed by atoms with Gasteiger partial charge in [0.05, 0.1) is 17.2 Å². The summed E-state index contributed by atoms with van der Waals surface area (Å²) in [6.07, 6.45) is 5.23. The number of rotatable bonds is 4. The van der Waals surface area contributed by atoms with E-state index in [1.54, 1.807) is 10.9 Å². The van der Waals surface area contributed by atoms with Crippen LogP contribution < -0.4 is 5.56 Å². The van der Waals surface area contributed by atoms with Gasteiger partial charge >= 0.3 is 0 Å². The standard InChI is InChI=1S/C22H21N3O/c1-3-10-25-14-24-21-19-7-5-4-6-18(19)17(12-20(21)22(25)26)11-16-9-8-15(2)23-13-16/h4-9,12-14H,3,10-11H2,1-2H3. The summed E-state index contributed by atoms with van der Waals surface area (Å²) in [6, 6.07) is 14.3. The quantitative estimate of drug-likeness (QED) is 0.520. The van der Waals surface area contributed by atoms with Gasteiger partial charge in [-0.05, 0) is 48.4 Å². The number of aromatic nitrogens is 3. The Morgan fingerprint density at radius 3 is 2.54 bits per heavy atom. The number of hydrogen-bond acceptors (Lipinski definition) is 3. The highest BCUT2D eigenvalue weighted by atomic mass is 16.1. The molecule has 2 aromatic heterocycles. The predicted molar refractivity (Wildman–Crippen MR) is 106 cm³/mol. The number of aryl methyl sites for hydroxylation is 2. The molecule has 4 aromatic rings. The molecule has 0 bridgehead atoms. The minimum absolute atomic E-state index is 0.0332. The highest BCUT2D eigenvalue weighted by Gasteiger charge is 2.12. The molecule has 0 amide bonds. The summed E-state index contributed by atoms with van der Waals surface area (Å²) in [6.45, 7) is 4.73. The fraction of sp³-hybridized carbons (Fsp3) is 0.227. The summed E-state index contributed by atoms with van der Waals surface area (Å²) in [5.41, 5.74) is 4.09. The monoisotopic (exact) mass is 343 g/mol. The van der Waals surface area contributed by atoms with E-state index in [2.05, 4.69) is 29.0 Å². The lowest BCUT2D eigenvalue weighted by molar-refractivity contribution is 0.648. The van der Waals surface area contributed by atoms with Crippen LogP contribution in [0, 0.1) is 6.92 Å². The van der Waals surface area contributed by atoms with Crippen LogP contribution in [0.2, 0.25) is 0 Å². The van der Waals surface area contributed by atoms with Gasteiger partial charge < -0.3 is 0 Å². The molecule has 0 atom stereocenters. The van der Waals surface area contributed by atoms with Gasteiger partial charge in [-0.2, -0.15) is 0 Å². The van der Waals surface area contributed by atoms with Crippen LogP contribution >= 0.6 is 0 Å². The zero-order valence-corrected chi connectivity index (χ0v) is 15.1. The summed E-state index contributed by atoms with van der Waals surface area (Å²) < 4.78 is 1.70. The molecule has 130 valence electrons. The molecule has 0 saturated heterocycles. The molecule has 0 fully saturated rings. The fourth-order valence-corrected chi connectivity index (χ4v) is 3.44. The Balaban J connectivity index is 1.96. The summed E-state index contributed by atoms with van der Waals surface area (Å²) in [5.74, 6) is 0. The molecule has 0 aliphatic carbocycles. The van der Waals surface area contributed by atoms with Crippen molar-refractivity contribution in [1.82, 2.24) is 14.5 Å². The van der Waals surface area contributed by atoms with Crippen LogP contribution in [0.3, 0.4) is 0 Å². The van der Waals surface area contributed by atoms with Crippen LogP contribution in [-0.4, -0.2) is 14.5 Å². The Morgan fingerprint density at radius 2 is 1.81 bits per heavy atom. The van der Waals surface area contributed by atoms with Crippen molar-refractivity contribution in [2.45, 2.75) is 33.2 Å². The van der Waals surface area contributed by atoms with E-state index in [9.17, 15) is 4.79 Å². The predicted octanol–water partition coefficient (Wildman–Crippen LogP) is 4.25. The lowest BCUT2D eigenvalue weighted by Crippen LogP contribution is -2.20. The SMILES string of the molecule is CCCn1cnc2c(cc(Cc3ccc(C)nc3)c3ccccc32)c1=O. The summed E-state index contributed by atoms with van der Waals surface area (Å²) in [5, 5.41) is 2.86. The molecule has 2 heterocycles. The second kappa shape index (κ2) is 6.71. The molecule has 0 saturated carbocycles. The lowest BCUT2D eigenvalue weighted by atomic mass is 9.96. The first kappa shape index (κ1) is 16.5. The van der Waals surface area contributed by atoms with Gasteiger partial charge in [0.25, 0.3) is 5.56 Å². The molecule has 4 heteroatoms. The first-order valence-corrected chi connectivity index (χ1v) is 8.98. The van der Waals surface area contributed by atoms with Crippen LogP contribution in [-0.2, 0) is 13.0 Å². The van der Waals surface area contributed by atoms with E-state index < -0.39 is 0 Å². The van der Waals surface area contributed by atoms with Gasteiger partial charge in [-0.25, -0.2) is 4.98 Å². The Hall–Kier alpha value is -3.01. The normalized spacial score (nSPS) is 11.3. The summed E-state index contributed by atoms with van der Waals surface area (Å²) in [7, 11) is 0. The van der Waals surface area contributed by atoms with Gasteiger partial charge in [0.2, 0.25) is 0 Å². The molecular weight excluding hydrogens is 322 g/mol. The van der Waals surface area contributed by atoms with Crippen LogP contribution in [0.25, 0.3) is 21.7 Å². The highest BCUT2D eigenvalue weighted by Crippen LogP contribution is 2.27. The van der Waals surface area contributed by atoms with Crippen molar-refractivity contribution in [2.75, 3.05) is 0 Å². The number of benzene rings is 2. The van der Waals surface area contributed by atoms with Crippen molar-refractivity contribution in [3.05, 3.63) is 82.2 Å². The maximum Gasteiger partial charge on any atom is 0.261 e. The Labute approximate surface area is 152 Å². The summed E-state index contributed by atoms with van der Waals surface area (Å²) in [4.78, 5) is 21.9. The minimum atomic E-state index is 0.0332. The first-order chi connectivity index (χ1) is 12.7. The average molecular weight is 343 g/mol. The molecule has 0 spiro atoms. The van der Waals surface area contributed by atoms with E-state index in [0.29, 0.717) is 11.9 Å². The van der Waals surface area contributed by atoms with E-state index >= 15 is 0 Å². The molecule has 0 aliphatic rings. The summed E-state index contributed by atoms with van der Waals surface area (Å²) >= 11 is 0. The molecule has 26 heavy (non-hydrogen) atoms. The molecular formula is C22H21N3O. The third-order valence-corrected chi connectivity index (χ3v) is 4.75. The van der Waals surface area contributed by atoms with E-state index in [4.69, 9.17) is 0 Å². The van der Waals surface area contributed by atoms with Crippen molar-refractivity contribution in [3.8, 4) is 0 Å². The molecule has 2 aromatic carbocycles. The first-order valence-electron chi connectivity index (χ1n) is 8.98. The Kier molecular flexibility index (Phi) is 4.25. The third-order valence-electron chi connectivity index (χ3n) is 4.75. The van der Waals surface area contributed by atoms with Crippen molar-refractivity contribution < 1.29 is 0 Å². The largest absolute Gasteiger partial charge is 0.299 e. The van der Waals surface area contributed by atoms with Crippen LogP contribution in [0.15, 0.2) is 59.8 Å². The average Bonchev–Trinajstić information content (AvgIpc) is 2.66. The number of pyridine rings is 1. The Morgan fingerprint density at radius 1 is 1.00 bits per heavy atom. The lowest BCUT2D eigenvalue weighted by Gasteiger charge is -2.12. The maximum atomic E-state index is 12.9. The van der Waals surface area contributed by atoms with Gasteiger partial charge in [-0.15, -0.1) is 0 Å². The fourth-order valence-electron chi connectivity index (χ4n) is 3.44. The molecule has 0 N–H and O–H groups in total. The van der Waals surface area contributed by atoms with Crippen molar-refractivity contribution in [2.24, 2.45) is 0 Å². The van der Waals surface area contributed by atoms with Gasteiger partial charge in [0.15, 0.2) is 0 Å². The third kappa shape index (κ3) is 2.88. The smallest absolute Gasteiger partial charge is 0.261 e. The zero-order chi connectivity index (χ0) is 18.1. The van der Waals surface area contributed by atoms with Crippen molar-refractivity contribution in [3.63, 3.8) is 0 Å². The van der Waals surface area contributed by atoms with Crippen LogP contribution in [0.4, 0.5) is 0 Å². The molecule has 0 aliphatic heterocycles. The van der Waals surface area contributed by atoms with E-state index in [1.165, 1.54) is 0 Å². The van der Waals surface area contributed by atoms with Gasteiger partial charge in [-0.3, -0.25) is 14.3 Å². The van der Waals surface area contributed by atoms with Gasteiger partial charge in [-0.1, -0.05) is 37.3 Å². The molecule has 4 rings (SSSR count).